The fourth-order valence-electron chi connectivity index (χ4n) is 1.79. The fourth-order valence-corrected chi connectivity index (χ4v) is 1.79. The highest BCUT2D eigenvalue weighted by molar-refractivity contribution is 5.82. The van der Waals surface area contributed by atoms with Gasteiger partial charge in [-0.15, -0.1) is 0 Å². The normalized spacial score (nSPS) is 10.8. The van der Waals surface area contributed by atoms with Gasteiger partial charge in [0, 0.05) is 11.1 Å². The standard InChI is InChI=1S/C14H11NO/c1-10-5-4-7-12(15-10)14-9-11-6-2-3-8-13(11)16-14/h2-9H,1H3. The topological polar surface area (TPSA) is 26.0 Å². The lowest BCUT2D eigenvalue weighted by molar-refractivity contribution is 0.628. The lowest BCUT2D eigenvalue weighted by atomic mass is 10.2. The molecule has 0 saturated heterocycles. The van der Waals surface area contributed by atoms with Crippen LogP contribution >= 0.6 is 0 Å². The Bertz CT molecular complexity index is 607. The molecule has 0 unspecified atom stereocenters. The molecule has 2 aromatic heterocycles. The van der Waals surface area contributed by atoms with Crippen molar-refractivity contribution in [1.29, 1.82) is 0 Å². The number of para-hydroxylation sites is 1. The molecule has 0 spiro atoms. The summed E-state index contributed by atoms with van der Waals surface area (Å²) in [5.74, 6) is 0.824. The summed E-state index contributed by atoms with van der Waals surface area (Å²) in [6.07, 6.45) is 0. The highest BCUT2D eigenvalue weighted by atomic mass is 16.3. The molecule has 2 nitrogen and oxygen atoms in total. The number of furan rings is 1. The van der Waals surface area contributed by atoms with Gasteiger partial charge in [0.2, 0.25) is 0 Å². The Balaban J connectivity index is 2.19. The molecule has 0 radical (unpaired) electrons. The highest BCUT2D eigenvalue weighted by Crippen LogP contribution is 2.26. The van der Waals surface area contributed by atoms with Crippen LogP contribution < -0.4 is 0 Å². The van der Waals surface area contributed by atoms with Gasteiger partial charge in [-0.3, -0.25) is 0 Å². The molecule has 0 N–H and O–H groups in total. The van der Waals surface area contributed by atoms with E-state index in [1.807, 2.05) is 55.5 Å². The molecule has 0 atom stereocenters. The average molecular weight is 209 g/mol. The third-order valence-electron chi connectivity index (χ3n) is 2.57. The van der Waals surface area contributed by atoms with Crippen molar-refractivity contribution in [3.05, 3.63) is 54.2 Å². The van der Waals surface area contributed by atoms with Crippen molar-refractivity contribution in [1.82, 2.24) is 4.98 Å². The fraction of sp³-hybridized carbons (Fsp3) is 0.0714. The third-order valence-corrected chi connectivity index (χ3v) is 2.57. The van der Waals surface area contributed by atoms with Crippen molar-refractivity contribution in [2.45, 2.75) is 6.92 Å². The van der Waals surface area contributed by atoms with E-state index in [4.69, 9.17) is 4.42 Å². The zero-order valence-electron chi connectivity index (χ0n) is 8.97. The van der Waals surface area contributed by atoms with Gasteiger partial charge in [-0.2, -0.15) is 0 Å². The van der Waals surface area contributed by atoms with E-state index in [2.05, 4.69) is 4.98 Å². The zero-order valence-corrected chi connectivity index (χ0v) is 8.97. The van der Waals surface area contributed by atoms with Gasteiger partial charge < -0.3 is 4.42 Å². The minimum absolute atomic E-state index is 0.824. The summed E-state index contributed by atoms with van der Waals surface area (Å²) in [4.78, 5) is 4.44. The van der Waals surface area contributed by atoms with E-state index in [0.29, 0.717) is 0 Å². The molecule has 0 fully saturated rings. The maximum absolute atomic E-state index is 5.75. The summed E-state index contributed by atoms with van der Waals surface area (Å²) in [7, 11) is 0. The minimum Gasteiger partial charge on any atom is -0.454 e. The van der Waals surface area contributed by atoms with Crippen LogP contribution in [0.15, 0.2) is 52.9 Å². The van der Waals surface area contributed by atoms with Gasteiger partial charge in [-0.1, -0.05) is 24.3 Å². The predicted molar refractivity (Wildman–Crippen MR) is 64.2 cm³/mol. The second kappa shape index (κ2) is 3.49. The van der Waals surface area contributed by atoms with E-state index in [0.717, 1.165) is 28.1 Å². The Kier molecular flexibility index (Phi) is 2.00. The number of benzene rings is 1. The number of aromatic nitrogens is 1. The predicted octanol–water partition coefficient (Wildman–Crippen LogP) is 3.80. The van der Waals surface area contributed by atoms with Gasteiger partial charge in [0.25, 0.3) is 0 Å². The third kappa shape index (κ3) is 1.48. The summed E-state index contributed by atoms with van der Waals surface area (Å²) < 4.78 is 5.75. The van der Waals surface area contributed by atoms with Gasteiger partial charge >= 0.3 is 0 Å². The molecular weight excluding hydrogens is 198 g/mol. The maximum atomic E-state index is 5.75. The summed E-state index contributed by atoms with van der Waals surface area (Å²) in [5, 5.41) is 1.11. The molecule has 3 rings (SSSR count). The summed E-state index contributed by atoms with van der Waals surface area (Å²) in [6.45, 7) is 1.98. The quantitative estimate of drug-likeness (QED) is 0.609. The number of nitrogens with zero attached hydrogens (tertiary/aromatic N) is 1. The van der Waals surface area contributed by atoms with Gasteiger partial charge in [0.1, 0.15) is 11.3 Å². The molecule has 0 saturated carbocycles. The average Bonchev–Trinajstić information content (AvgIpc) is 2.72. The van der Waals surface area contributed by atoms with E-state index >= 15 is 0 Å². The zero-order chi connectivity index (χ0) is 11.0. The molecule has 1 aromatic carbocycles. The van der Waals surface area contributed by atoms with Gasteiger partial charge in [-0.25, -0.2) is 4.98 Å². The number of hydrogen-bond donors (Lipinski definition) is 0. The summed E-state index contributed by atoms with van der Waals surface area (Å²) in [5.41, 5.74) is 2.79. The number of rotatable bonds is 1. The second-order valence-corrected chi connectivity index (χ2v) is 3.81. The van der Waals surface area contributed by atoms with Crippen molar-refractivity contribution in [2.75, 3.05) is 0 Å². The van der Waals surface area contributed by atoms with Crippen molar-refractivity contribution in [3.8, 4) is 11.5 Å². The van der Waals surface area contributed by atoms with Gasteiger partial charge in [0.15, 0.2) is 5.76 Å². The van der Waals surface area contributed by atoms with Crippen molar-refractivity contribution < 1.29 is 4.42 Å². The Morgan fingerprint density at radius 3 is 2.69 bits per heavy atom. The molecule has 2 heteroatoms. The Morgan fingerprint density at radius 1 is 1.00 bits per heavy atom. The van der Waals surface area contributed by atoms with E-state index in [-0.39, 0.29) is 0 Å². The first-order valence-corrected chi connectivity index (χ1v) is 5.25. The van der Waals surface area contributed by atoms with Crippen LogP contribution in [0.3, 0.4) is 0 Å². The Hall–Kier alpha value is -2.09. The molecule has 0 bridgehead atoms. The number of pyridine rings is 1. The SMILES string of the molecule is Cc1cccc(-c2cc3ccccc3o2)n1. The van der Waals surface area contributed by atoms with Crippen molar-refractivity contribution >= 4 is 11.0 Å². The highest BCUT2D eigenvalue weighted by Gasteiger charge is 2.06. The molecule has 16 heavy (non-hydrogen) atoms. The Morgan fingerprint density at radius 2 is 1.88 bits per heavy atom. The van der Waals surface area contributed by atoms with Crippen LogP contribution in [-0.2, 0) is 0 Å². The molecular formula is C14H11NO. The van der Waals surface area contributed by atoms with Crippen LogP contribution in [-0.4, -0.2) is 4.98 Å². The molecule has 0 amide bonds. The molecule has 0 aliphatic rings. The maximum Gasteiger partial charge on any atom is 0.153 e. The smallest absolute Gasteiger partial charge is 0.153 e. The monoisotopic (exact) mass is 209 g/mol. The first-order chi connectivity index (χ1) is 7.83. The van der Waals surface area contributed by atoms with Crippen LogP contribution in [0.25, 0.3) is 22.4 Å². The minimum atomic E-state index is 0.824. The molecule has 3 aromatic rings. The van der Waals surface area contributed by atoms with Crippen molar-refractivity contribution in [2.24, 2.45) is 0 Å². The van der Waals surface area contributed by atoms with Crippen molar-refractivity contribution in [3.63, 3.8) is 0 Å². The number of aryl methyl sites for hydroxylation is 1. The van der Waals surface area contributed by atoms with E-state index < -0.39 is 0 Å². The largest absolute Gasteiger partial charge is 0.454 e. The lowest BCUT2D eigenvalue weighted by Crippen LogP contribution is -1.83. The Labute approximate surface area is 93.5 Å². The van der Waals surface area contributed by atoms with Crippen LogP contribution in [0.4, 0.5) is 0 Å². The van der Waals surface area contributed by atoms with Crippen LogP contribution in [0.2, 0.25) is 0 Å². The van der Waals surface area contributed by atoms with Gasteiger partial charge in [0.05, 0.1) is 0 Å². The van der Waals surface area contributed by atoms with E-state index in [1.54, 1.807) is 0 Å². The first kappa shape index (κ1) is 9.16. The molecule has 78 valence electrons. The van der Waals surface area contributed by atoms with Gasteiger partial charge in [-0.05, 0) is 31.2 Å². The van der Waals surface area contributed by atoms with E-state index in [9.17, 15) is 0 Å². The number of fused-ring (bicyclic) bond motifs is 1. The molecule has 2 heterocycles. The van der Waals surface area contributed by atoms with Crippen LogP contribution in [0.1, 0.15) is 5.69 Å². The number of hydrogen-bond acceptors (Lipinski definition) is 2. The lowest BCUT2D eigenvalue weighted by Gasteiger charge is -1.96. The molecule has 0 aliphatic carbocycles. The van der Waals surface area contributed by atoms with Crippen LogP contribution in [0, 0.1) is 6.92 Å². The van der Waals surface area contributed by atoms with Crippen LogP contribution in [0.5, 0.6) is 0 Å². The summed E-state index contributed by atoms with van der Waals surface area (Å²) in [6, 6.07) is 15.9. The first-order valence-electron chi connectivity index (χ1n) is 5.25. The molecule has 0 aliphatic heterocycles. The summed E-state index contributed by atoms with van der Waals surface area (Å²) >= 11 is 0. The van der Waals surface area contributed by atoms with E-state index in [1.165, 1.54) is 0 Å². The second-order valence-electron chi connectivity index (χ2n) is 3.81.